The molecule has 1 aromatic rings. The maximum atomic E-state index is 6.23. The number of nitrogens with zero attached hydrogens (tertiary/aromatic N) is 1. The van der Waals surface area contributed by atoms with E-state index >= 15 is 0 Å². The summed E-state index contributed by atoms with van der Waals surface area (Å²) in [6.07, 6.45) is 0. The number of rotatable bonds is 3. The van der Waals surface area contributed by atoms with E-state index in [1.807, 2.05) is 12.1 Å². The molecule has 2 nitrogen and oxygen atoms in total. The highest BCUT2D eigenvalue weighted by Crippen LogP contribution is 2.29. The zero-order valence-electron chi connectivity index (χ0n) is 11.1. The first kappa shape index (κ1) is 14.3. The molecule has 0 bridgehead atoms. The van der Waals surface area contributed by atoms with Crippen LogP contribution in [0.4, 0.5) is 0 Å². The van der Waals surface area contributed by atoms with Crippen LogP contribution in [0.1, 0.15) is 19.4 Å². The summed E-state index contributed by atoms with van der Waals surface area (Å²) >= 11 is 9.66. The van der Waals surface area contributed by atoms with Gasteiger partial charge in [0.25, 0.3) is 0 Å². The van der Waals surface area contributed by atoms with Crippen molar-refractivity contribution < 1.29 is 0 Å². The Balaban J connectivity index is 1.99. The van der Waals surface area contributed by atoms with Crippen LogP contribution in [0.5, 0.6) is 0 Å². The molecule has 1 aliphatic heterocycles. The highest BCUT2D eigenvalue weighted by Gasteiger charge is 2.37. The molecule has 0 aromatic heterocycles. The van der Waals surface area contributed by atoms with Crippen molar-refractivity contribution in [3.8, 4) is 0 Å². The summed E-state index contributed by atoms with van der Waals surface area (Å²) in [7, 11) is 2.18. The summed E-state index contributed by atoms with van der Waals surface area (Å²) in [4.78, 5) is 2.38. The van der Waals surface area contributed by atoms with Crippen LogP contribution in [0.3, 0.4) is 0 Å². The van der Waals surface area contributed by atoms with Crippen molar-refractivity contribution in [3.05, 3.63) is 33.3 Å². The van der Waals surface area contributed by atoms with Crippen molar-refractivity contribution in [2.75, 3.05) is 20.1 Å². The molecule has 0 saturated carbocycles. The lowest BCUT2D eigenvalue weighted by molar-refractivity contribution is 0.297. The summed E-state index contributed by atoms with van der Waals surface area (Å²) < 4.78 is 1.03. The maximum absolute atomic E-state index is 6.23. The molecule has 1 aliphatic rings. The second-order valence-electron chi connectivity index (χ2n) is 5.85. The van der Waals surface area contributed by atoms with E-state index in [9.17, 15) is 0 Å². The average Bonchev–Trinajstić information content (AvgIpc) is 2.50. The van der Waals surface area contributed by atoms with Gasteiger partial charge in [0.1, 0.15) is 0 Å². The standard InChI is InChI=1S/C14H20BrClN2/c1-14(2)9-18(3)8-13(14)17-7-10-4-5-11(15)6-12(10)16/h4-6,13,17H,7-9H2,1-3H3. The van der Waals surface area contributed by atoms with E-state index in [0.29, 0.717) is 11.5 Å². The molecule has 0 aliphatic carbocycles. The van der Waals surface area contributed by atoms with Crippen molar-refractivity contribution in [2.45, 2.75) is 26.4 Å². The van der Waals surface area contributed by atoms with Gasteiger partial charge < -0.3 is 10.2 Å². The van der Waals surface area contributed by atoms with Gasteiger partial charge in [-0.1, -0.05) is 47.4 Å². The lowest BCUT2D eigenvalue weighted by Crippen LogP contribution is -2.40. The topological polar surface area (TPSA) is 15.3 Å². The summed E-state index contributed by atoms with van der Waals surface area (Å²) in [6, 6.07) is 6.58. The Bertz CT molecular complexity index is 434. The van der Waals surface area contributed by atoms with E-state index in [-0.39, 0.29) is 0 Å². The fourth-order valence-electron chi connectivity index (χ4n) is 2.67. The molecule has 1 aromatic carbocycles. The summed E-state index contributed by atoms with van der Waals surface area (Å²) in [5, 5.41) is 4.46. The molecule has 1 atom stereocenters. The largest absolute Gasteiger partial charge is 0.308 e. The fraction of sp³-hybridized carbons (Fsp3) is 0.571. The Kier molecular flexibility index (Phi) is 4.37. The third kappa shape index (κ3) is 3.27. The molecule has 4 heteroatoms. The van der Waals surface area contributed by atoms with Crippen molar-refractivity contribution in [1.82, 2.24) is 10.2 Å². The minimum absolute atomic E-state index is 0.316. The Morgan fingerprint density at radius 3 is 2.78 bits per heavy atom. The molecule has 2 rings (SSSR count). The quantitative estimate of drug-likeness (QED) is 0.911. The highest BCUT2D eigenvalue weighted by molar-refractivity contribution is 9.10. The van der Waals surface area contributed by atoms with Crippen LogP contribution >= 0.6 is 27.5 Å². The Labute approximate surface area is 123 Å². The van der Waals surface area contributed by atoms with Crippen LogP contribution in [0, 0.1) is 5.41 Å². The Morgan fingerprint density at radius 2 is 2.22 bits per heavy atom. The Hall–Kier alpha value is -0.0900. The minimum Gasteiger partial charge on any atom is -0.308 e. The van der Waals surface area contributed by atoms with E-state index in [1.165, 1.54) is 0 Å². The van der Waals surface area contributed by atoms with E-state index in [2.05, 4.69) is 53.1 Å². The number of nitrogens with one attached hydrogen (secondary N) is 1. The van der Waals surface area contributed by atoms with E-state index in [0.717, 1.165) is 34.7 Å². The van der Waals surface area contributed by atoms with Crippen molar-refractivity contribution in [1.29, 1.82) is 0 Å². The molecular formula is C14H20BrClN2. The van der Waals surface area contributed by atoms with Crippen LogP contribution < -0.4 is 5.32 Å². The first-order chi connectivity index (χ1) is 8.38. The van der Waals surface area contributed by atoms with Gasteiger partial charge in [0.2, 0.25) is 0 Å². The molecule has 0 spiro atoms. The van der Waals surface area contributed by atoms with Gasteiger partial charge in [0.05, 0.1) is 0 Å². The summed E-state index contributed by atoms with van der Waals surface area (Å²) in [6.45, 7) is 7.70. The molecule has 1 unspecified atom stereocenters. The van der Waals surface area contributed by atoms with Crippen LogP contribution in [0.2, 0.25) is 5.02 Å². The fourth-order valence-corrected chi connectivity index (χ4v) is 3.41. The number of likely N-dealkylation sites (tertiary alicyclic amines) is 1. The molecular weight excluding hydrogens is 312 g/mol. The average molecular weight is 332 g/mol. The molecule has 1 fully saturated rings. The molecule has 0 radical (unpaired) electrons. The van der Waals surface area contributed by atoms with Crippen LogP contribution in [0.15, 0.2) is 22.7 Å². The molecule has 1 heterocycles. The summed E-state index contributed by atoms with van der Waals surface area (Å²) in [5.74, 6) is 0. The molecule has 1 N–H and O–H groups in total. The number of hydrogen-bond donors (Lipinski definition) is 1. The lowest BCUT2D eigenvalue weighted by Gasteiger charge is -2.26. The van der Waals surface area contributed by atoms with Crippen LogP contribution in [-0.4, -0.2) is 31.1 Å². The van der Waals surface area contributed by atoms with E-state index in [1.54, 1.807) is 0 Å². The van der Waals surface area contributed by atoms with Gasteiger partial charge in [-0.25, -0.2) is 0 Å². The zero-order valence-corrected chi connectivity index (χ0v) is 13.5. The first-order valence-corrected chi connectivity index (χ1v) is 7.41. The van der Waals surface area contributed by atoms with Crippen molar-refractivity contribution in [3.63, 3.8) is 0 Å². The smallest absolute Gasteiger partial charge is 0.0462 e. The third-order valence-electron chi connectivity index (χ3n) is 3.67. The molecule has 1 saturated heterocycles. The van der Waals surface area contributed by atoms with Gasteiger partial charge in [-0.3, -0.25) is 0 Å². The van der Waals surface area contributed by atoms with Crippen molar-refractivity contribution >= 4 is 27.5 Å². The number of likely N-dealkylation sites (N-methyl/N-ethyl adjacent to an activating group) is 1. The van der Waals surface area contributed by atoms with Gasteiger partial charge in [0, 0.05) is 35.2 Å². The second kappa shape index (κ2) is 5.49. The molecule has 18 heavy (non-hydrogen) atoms. The predicted molar refractivity (Wildman–Crippen MR) is 81.1 cm³/mol. The van der Waals surface area contributed by atoms with E-state index < -0.39 is 0 Å². The third-order valence-corrected chi connectivity index (χ3v) is 4.51. The number of hydrogen-bond acceptors (Lipinski definition) is 2. The van der Waals surface area contributed by atoms with E-state index in [4.69, 9.17) is 11.6 Å². The Morgan fingerprint density at radius 1 is 1.50 bits per heavy atom. The SMILES string of the molecule is CN1CC(NCc2ccc(Br)cc2Cl)C(C)(C)C1. The van der Waals surface area contributed by atoms with Crippen molar-refractivity contribution in [2.24, 2.45) is 5.41 Å². The predicted octanol–water partition coefficient (Wildman–Crippen LogP) is 3.53. The molecule has 0 amide bonds. The van der Waals surface area contributed by atoms with Crippen LogP contribution in [-0.2, 0) is 6.54 Å². The number of halogens is 2. The van der Waals surface area contributed by atoms with Gasteiger partial charge in [-0.15, -0.1) is 0 Å². The summed E-state index contributed by atoms with van der Waals surface area (Å²) in [5.41, 5.74) is 1.47. The van der Waals surface area contributed by atoms with Crippen LogP contribution in [0.25, 0.3) is 0 Å². The first-order valence-electron chi connectivity index (χ1n) is 6.24. The van der Waals surface area contributed by atoms with Gasteiger partial charge in [-0.05, 0) is 30.2 Å². The number of benzene rings is 1. The van der Waals surface area contributed by atoms with Gasteiger partial charge >= 0.3 is 0 Å². The second-order valence-corrected chi connectivity index (χ2v) is 7.18. The zero-order chi connectivity index (χ0) is 13.3. The van der Waals surface area contributed by atoms with Gasteiger partial charge in [-0.2, -0.15) is 0 Å². The lowest BCUT2D eigenvalue weighted by atomic mass is 9.88. The highest BCUT2D eigenvalue weighted by atomic mass is 79.9. The maximum Gasteiger partial charge on any atom is 0.0462 e. The monoisotopic (exact) mass is 330 g/mol. The molecule has 100 valence electrons. The van der Waals surface area contributed by atoms with Gasteiger partial charge in [0.15, 0.2) is 0 Å². The minimum atomic E-state index is 0.316. The normalized spacial score (nSPS) is 23.5.